The second-order valence-electron chi connectivity index (χ2n) is 5.49. The zero-order chi connectivity index (χ0) is 14.7. The molecular weight excluding hydrogens is 274 g/mol. The van der Waals surface area contributed by atoms with Gasteiger partial charge in [0.05, 0.1) is 17.7 Å². The van der Waals surface area contributed by atoms with E-state index in [2.05, 4.69) is 13.8 Å². The maximum atomic E-state index is 12.7. The van der Waals surface area contributed by atoms with Gasteiger partial charge in [-0.15, -0.1) is 0 Å². The summed E-state index contributed by atoms with van der Waals surface area (Å²) in [6.07, 6.45) is 2.98. The topological polar surface area (TPSA) is 29.5 Å². The average Bonchev–Trinajstić information content (AvgIpc) is 2.46. The van der Waals surface area contributed by atoms with E-state index in [0.717, 1.165) is 37.9 Å². The molecule has 1 aromatic rings. The van der Waals surface area contributed by atoms with Crippen molar-refractivity contribution in [3.8, 4) is 5.75 Å². The molecule has 1 aromatic carbocycles. The predicted molar refractivity (Wildman–Crippen MR) is 81.7 cm³/mol. The highest BCUT2D eigenvalue weighted by Gasteiger charge is 2.25. The van der Waals surface area contributed by atoms with Gasteiger partial charge in [0.25, 0.3) is 5.91 Å². The summed E-state index contributed by atoms with van der Waals surface area (Å²) < 4.78 is 5.33. The molecular formula is C16H22ClNO2. The van der Waals surface area contributed by atoms with Crippen molar-refractivity contribution in [1.82, 2.24) is 4.90 Å². The minimum absolute atomic E-state index is 0.0333. The quantitative estimate of drug-likeness (QED) is 0.849. The Morgan fingerprint density at radius 3 is 2.60 bits per heavy atom. The third-order valence-corrected chi connectivity index (χ3v) is 4.30. The summed E-state index contributed by atoms with van der Waals surface area (Å²) in [4.78, 5) is 14.6. The van der Waals surface area contributed by atoms with Gasteiger partial charge >= 0.3 is 0 Å². The van der Waals surface area contributed by atoms with Crippen LogP contribution in [0.15, 0.2) is 12.1 Å². The monoisotopic (exact) mass is 295 g/mol. The third kappa shape index (κ3) is 3.09. The van der Waals surface area contributed by atoms with E-state index >= 15 is 0 Å². The molecule has 1 fully saturated rings. The molecule has 0 aliphatic carbocycles. The number of hydrogen-bond acceptors (Lipinski definition) is 2. The van der Waals surface area contributed by atoms with Crippen molar-refractivity contribution in [2.45, 2.75) is 33.1 Å². The van der Waals surface area contributed by atoms with Gasteiger partial charge in [-0.1, -0.05) is 25.4 Å². The first-order chi connectivity index (χ1) is 9.56. The summed E-state index contributed by atoms with van der Waals surface area (Å²) in [5.74, 6) is 1.23. The normalized spacial score (nSPS) is 16.3. The lowest BCUT2D eigenvalue weighted by atomic mass is 9.98. The van der Waals surface area contributed by atoms with Crippen molar-refractivity contribution in [2.24, 2.45) is 5.92 Å². The molecule has 20 heavy (non-hydrogen) atoms. The highest BCUT2D eigenvalue weighted by molar-refractivity contribution is 6.32. The molecule has 0 atom stereocenters. The number of likely N-dealkylation sites (tertiary alicyclic amines) is 1. The van der Waals surface area contributed by atoms with Gasteiger partial charge < -0.3 is 9.64 Å². The first-order valence-corrected chi connectivity index (χ1v) is 7.60. The van der Waals surface area contributed by atoms with Crippen LogP contribution in [0.25, 0.3) is 0 Å². The van der Waals surface area contributed by atoms with E-state index < -0.39 is 0 Å². The minimum atomic E-state index is 0.0333. The number of amides is 1. The van der Waals surface area contributed by atoms with Crippen LogP contribution < -0.4 is 4.74 Å². The number of halogens is 1. The molecule has 3 nitrogen and oxygen atoms in total. The molecule has 4 heteroatoms. The number of aryl methyl sites for hydroxylation is 1. The molecule has 0 aromatic heterocycles. The van der Waals surface area contributed by atoms with Gasteiger partial charge in [0.1, 0.15) is 5.75 Å². The number of ether oxygens (including phenoxy) is 1. The van der Waals surface area contributed by atoms with Crippen LogP contribution in [0.2, 0.25) is 5.02 Å². The van der Waals surface area contributed by atoms with Crippen LogP contribution in [0.4, 0.5) is 0 Å². The number of carbonyl (C=O) groups is 1. The second kappa shape index (κ2) is 6.49. The second-order valence-corrected chi connectivity index (χ2v) is 5.89. The first-order valence-electron chi connectivity index (χ1n) is 7.22. The summed E-state index contributed by atoms with van der Waals surface area (Å²) >= 11 is 6.22. The Kier molecular flexibility index (Phi) is 4.92. The first kappa shape index (κ1) is 15.2. The Labute approximate surface area is 125 Å². The van der Waals surface area contributed by atoms with Crippen molar-refractivity contribution in [1.29, 1.82) is 0 Å². The van der Waals surface area contributed by atoms with Crippen molar-refractivity contribution < 1.29 is 9.53 Å². The molecule has 1 amide bonds. The predicted octanol–water partition coefficient (Wildman–Crippen LogP) is 3.78. The number of rotatable bonds is 3. The van der Waals surface area contributed by atoms with E-state index in [-0.39, 0.29) is 5.91 Å². The van der Waals surface area contributed by atoms with Gasteiger partial charge in [0, 0.05) is 13.1 Å². The van der Waals surface area contributed by atoms with Crippen LogP contribution in [0, 0.1) is 5.92 Å². The summed E-state index contributed by atoms with van der Waals surface area (Å²) in [5, 5.41) is 0.514. The number of piperidine rings is 1. The molecule has 0 radical (unpaired) electrons. The molecule has 0 saturated carbocycles. The zero-order valence-corrected chi connectivity index (χ0v) is 13.2. The van der Waals surface area contributed by atoms with Crippen molar-refractivity contribution in [2.75, 3.05) is 20.2 Å². The highest BCUT2D eigenvalue weighted by Crippen LogP contribution is 2.32. The molecule has 0 spiro atoms. The Bertz CT molecular complexity index is 493. The fourth-order valence-electron chi connectivity index (χ4n) is 2.60. The van der Waals surface area contributed by atoms with Gasteiger partial charge in [0.15, 0.2) is 0 Å². The number of carbonyl (C=O) groups excluding carboxylic acids is 1. The molecule has 1 saturated heterocycles. The van der Waals surface area contributed by atoms with Gasteiger partial charge in [-0.3, -0.25) is 4.79 Å². The third-order valence-electron chi connectivity index (χ3n) is 4.02. The molecule has 1 aliphatic heterocycles. The van der Waals surface area contributed by atoms with Crippen LogP contribution in [0.5, 0.6) is 5.75 Å². The number of benzene rings is 1. The molecule has 1 heterocycles. The standard InChI is InChI=1S/C16H22ClNO2/c1-4-12-9-13(15(20-3)14(17)10-12)16(19)18-7-5-11(2)6-8-18/h9-11H,4-8H2,1-3H3. The van der Waals surface area contributed by atoms with E-state index in [0.29, 0.717) is 22.3 Å². The van der Waals surface area contributed by atoms with Crippen LogP contribution in [-0.4, -0.2) is 31.0 Å². The number of hydrogen-bond donors (Lipinski definition) is 0. The number of nitrogens with zero attached hydrogens (tertiary/aromatic N) is 1. The lowest BCUT2D eigenvalue weighted by molar-refractivity contribution is 0.0694. The van der Waals surface area contributed by atoms with Crippen LogP contribution >= 0.6 is 11.6 Å². The van der Waals surface area contributed by atoms with E-state index in [9.17, 15) is 4.79 Å². The molecule has 0 unspecified atom stereocenters. The summed E-state index contributed by atoms with van der Waals surface area (Å²) in [6.45, 7) is 5.92. The van der Waals surface area contributed by atoms with Gasteiger partial charge in [0.2, 0.25) is 0 Å². The molecule has 1 aliphatic rings. The Morgan fingerprint density at radius 1 is 1.40 bits per heavy atom. The lowest BCUT2D eigenvalue weighted by Crippen LogP contribution is -2.38. The Balaban J connectivity index is 2.30. The van der Waals surface area contributed by atoms with Crippen molar-refractivity contribution in [3.63, 3.8) is 0 Å². The van der Waals surface area contributed by atoms with Gasteiger partial charge in [-0.2, -0.15) is 0 Å². The summed E-state index contributed by atoms with van der Waals surface area (Å²) in [5.41, 5.74) is 1.65. The van der Waals surface area contributed by atoms with Gasteiger partial charge in [-0.05, 0) is 42.9 Å². The van der Waals surface area contributed by atoms with E-state index in [1.165, 1.54) is 0 Å². The highest BCUT2D eigenvalue weighted by atomic mass is 35.5. The van der Waals surface area contributed by atoms with E-state index in [1.54, 1.807) is 7.11 Å². The van der Waals surface area contributed by atoms with Crippen LogP contribution in [0.1, 0.15) is 42.6 Å². The summed E-state index contributed by atoms with van der Waals surface area (Å²) in [6, 6.07) is 3.78. The fraction of sp³-hybridized carbons (Fsp3) is 0.562. The van der Waals surface area contributed by atoms with E-state index in [1.807, 2.05) is 17.0 Å². The molecule has 2 rings (SSSR count). The van der Waals surface area contributed by atoms with Crippen LogP contribution in [-0.2, 0) is 6.42 Å². The molecule has 0 N–H and O–H groups in total. The Hall–Kier alpha value is -1.22. The largest absolute Gasteiger partial charge is 0.494 e. The number of methoxy groups -OCH3 is 1. The zero-order valence-electron chi connectivity index (χ0n) is 12.4. The minimum Gasteiger partial charge on any atom is -0.494 e. The maximum Gasteiger partial charge on any atom is 0.257 e. The molecule has 110 valence electrons. The SMILES string of the molecule is CCc1cc(Cl)c(OC)c(C(=O)N2CCC(C)CC2)c1. The van der Waals surface area contributed by atoms with Crippen molar-refractivity contribution in [3.05, 3.63) is 28.3 Å². The van der Waals surface area contributed by atoms with Crippen molar-refractivity contribution >= 4 is 17.5 Å². The smallest absolute Gasteiger partial charge is 0.257 e. The maximum absolute atomic E-state index is 12.7. The Morgan fingerprint density at radius 2 is 2.05 bits per heavy atom. The average molecular weight is 296 g/mol. The fourth-order valence-corrected chi connectivity index (χ4v) is 2.92. The lowest BCUT2D eigenvalue weighted by Gasteiger charge is -2.31. The van der Waals surface area contributed by atoms with Crippen LogP contribution in [0.3, 0.4) is 0 Å². The van der Waals surface area contributed by atoms with E-state index in [4.69, 9.17) is 16.3 Å². The summed E-state index contributed by atoms with van der Waals surface area (Å²) in [7, 11) is 1.56. The van der Waals surface area contributed by atoms with Gasteiger partial charge in [-0.25, -0.2) is 0 Å². The molecule has 0 bridgehead atoms.